The summed E-state index contributed by atoms with van der Waals surface area (Å²) in [5.74, 6) is -1.12. The molecule has 150 valence electrons. The third kappa shape index (κ3) is 5.52. The molecular formula is C22H16ClN3O4. The van der Waals surface area contributed by atoms with Crippen LogP contribution in [0, 0.1) is 10.1 Å². The number of nitrogens with zero attached hydrogens (tertiary/aromatic N) is 1. The first-order chi connectivity index (χ1) is 14.4. The highest BCUT2D eigenvalue weighted by atomic mass is 35.5. The van der Waals surface area contributed by atoms with Crippen molar-refractivity contribution in [2.45, 2.75) is 0 Å². The van der Waals surface area contributed by atoms with Gasteiger partial charge in [0.15, 0.2) is 0 Å². The topological polar surface area (TPSA) is 101 Å². The van der Waals surface area contributed by atoms with Gasteiger partial charge in [0.25, 0.3) is 17.5 Å². The van der Waals surface area contributed by atoms with E-state index >= 15 is 0 Å². The van der Waals surface area contributed by atoms with Crippen LogP contribution in [-0.4, -0.2) is 16.7 Å². The molecule has 3 rings (SSSR count). The summed E-state index contributed by atoms with van der Waals surface area (Å²) in [6.07, 6.45) is 1.37. The van der Waals surface area contributed by atoms with Crippen LogP contribution in [0.3, 0.4) is 0 Å². The molecule has 0 saturated carbocycles. The van der Waals surface area contributed by atoms with E-state index in [0.29, 0.717) is 16.3 Å². The zero-order valence-electron chi connectivity index (χ0n) is 15.5. The molecule has 0 aromatic heterocycles. The molecule has 2 amide bonds. The Labute approximate surface area is 177 Å². The van der Waals surface area contributed by atoms with E-state index in [9.17, 15) is 19.7 Å². The number of carbonyl (C=O) groups is 2. The van der Waals surface area contributed by atoms with Crippen molar-refractivity contribution in [1.82, 2.24) is 5.32 Å². The van der Waals surface area contributed by atoms with Gasteiger partial charge in [0.2, 0.25) is 0 Å². The van der Waals surface area contributed by atoms with Crippen LogP contribution in [-0.2, 0) is 4.79 Å². The molecule has 0 heterocycles. The first-order valence-electron chi connectivity index (χ1n) is 8.82. The monoisotopic (exact) mass is 421 g/mol. The van der Waals surface area contributed by atoms with Gasteiger partial charge in [0.1, 0.15) is 5.70 Å². The summed E-state index contributed by atoms with van der Waals surface area (Å²) in [6, 6.07) is 20.7. The Morgan fingerprint density at radius 1 is 0.933 bits per heavy atom. The second-order valence-corrected chi connectivity index (χ2v) is 6.63. The van der Waals surface area contributed by atoms with Gasteiger partial charge in [-0.2, -0.15) is 0 Å². The maximum absolute atomic E-state index is 12.8. The second kappa shape index (κ2) is 9.49. The van der Waals surface area contributed by atoms with E-state index in [0.717, 1.165) is 0 Å². The number of rotatable bonds is 6. The summed E-state index contributed by atoms with van der Waals surface area (Å²) in [4.78, 5) is 35.9. The molecule has 3 aromatic rings. The average molecular weight is 422 g/mol. The average Bonchev–Trinajstić information content (AvgIpc) is 2.74. The third-order valence-corrected chi connectivity index (χ3v) is 4.24. The van der Waals surface area contributed by atoms with E-state index in [-0.39, 0.29) is 16.9 Å². The molecule has 0 atom stereocenters. The molecule has 0 bridgehead atoms. The van der Waals surface area contributed by atoms with Crippen LogP contribution in [0.1, 0.15) is 15.9 Å². The number of non-ortho nitro benzene ring substituents is 1. The van der Waals surface area contributed by atoms with Crippen molar-refractivity contribution in [3.63, 3.8) is 0 Å². The van der Waals surface area contributed by atoms with Crippen LogP contribution in [0.4, 0.5) is 11.4 Å². The molecule has 0 spiro atoms. The lowest BCUT2D eigenvalue weighted by molar-refractivity contribution is -0.384. The number of carbonyl (C=O) groups excluding carboxylic acids is 2. The van der Waals surface area contributed by atoms with Gasteiger partial charge in [-0.15, -0.1) is 0 Å². The van der Waals surface area contributed by atoms with Gasteiger partial charge in [-0.25, -0.2) is 0 Å². The van der Waals surface area contributed by atoms with Gasteiger partial charge < -0.3 is 10.6 Å². The first kappa shape index (κ1) is 20.8. The Balaban J connectivity index is 1.93. The van der Waals surface area contributed by atoms with Crippen molar-refractivity contribution in [2.24, 2.45) is 0 Å². The highest BCUT2D eigenvalue weighted by Crippen LogP contribution is 2.17. The zero-order chi connectivity index (χ0) is 21.5. The number of benzene rings is 3. The van der Waals surface area contributed by atoms with Gasteiger partial charge in [-0.1, -0.05) is 48.0 Å². The highest BCUT2D eigenvalue weighted by Gasteiger charge is 2.16. The molecule has 7 nitrogen and oxygen atoms in total. The minimum atomic E-state index is -0.580. The van der Waals surface area contributed by atoms with Crippen LogP contribution in [0.15, 0.2) is 84.6 Å². The number of anilines is 1. The number of halogens is 1. The molecule has 3 aromatic carbocycles. The molecule has 0 aliphatic carbocycles. The van der Waals surface area contributed by atoms with Gasteiger partial charge >= 0.3 is 0 Å². The number of nitro benzene ring substituents is 1. The Morgan fingerprint density at radius 3 is 2.37 bits per heavy atom. The Hall–Kier alpha value is -3.97. The van der Waals surface area contributed by atoms with E-state index < -0.39 is 16.7 Å². The Bertz CT molecular complexity index is 1130. The smallest absolute Gasteiger partial charge is 0.272 e. The molecule has 0 saturated heterocycles. The minimum Gasteiger partial charge on any atom is -0.321 e. The van der Waals surface area contributed by atoms with E-state index in [4.69, 9.17) is 11.6 Å². The molecule has 30 heavy (non-hydrogen) atoms. The van der Waals surface area contributed by atoms with Crippen LogP contribution in [0.5, 0.6) is 0 Å². The Morgan fingerprint density at radius 2 is 1.67 bits per heavy atom. The summed E-state index contributed by atoms with van der Waals surface area (Å²) in [5, 5.41) is 16.7. The molecule has 2 N–H and O–H groups in total. The van der Waals surface area contributed by atoms with Crippen molar-refractivity contribution in [1.29, 1.82) is 0 Å². The number of amides is 2. The summed E-state index contributed by atoms with van der Waals surface area (Å²) in [5.41, 5.74) is 0.968. The normalized spacial score (nSPS) is 10.9. The van der Waals surface area contributed by atoms with Crippen molar-refractivity contribution in [2.75, 3.05) is 5.32 Å². The number of hydrogen-bond acceptors (Lipinski definition) is 4. The molecular weight excluding hydrogens is 406 g/mol. The highest BCUT2D eigenvalue weighted by molar-refractivity contribution is 6.31. The van der Waals surface area contributed by atoms with E-state index in [1.807, 2.05) is 0 Å². The number of para-hydroxylation sites is 1. The first-order valence-corrected chi connectivity index (χ1v) is 9.19. The van der Waals surface area contributed by atoms with Gasteiger partial charge in [-0.3, -0.25) is 19.7 Å². The van der Waals surface area contributed by atoms with Crippen molar-refractivity contribution < 1.29 is 14.5 Å². The van der Waals surface area contributed by atoms with E-state index in [1.165, 1.54) is 30.3 Å². The van der Waals surface area contributed by atoms with E-state index in [1.54, 1.807) is 54.6 Å². The summed E-state index contributed by atoms with van der Waals surface area (Å²) in [7, 11) is 0. The second-order valence-electron chi connectivity index (χ2n) is 6.19. The maximum Gasteiger partial charge on any atom is 0.272 e. The lowest BCUT2D eigenvalue weighted by atomic mass is 10.1. The van der Waals surface area contributed by atoms with Gasteiger partial charge in [-0.05, 0) is 42.0 Å². The molecule has 0 aliphatic heterocycles. The van der Waals surface area contributed by atoms with Gasteiger partial charge in [0, 0.05) is 28.4 Å². The fraction of sp³-hybridized carbons (Fsp3) is 0. The minimum absolute atomic E-state index is 0.0793. The summed E-state index contributed by atoms with van der Waals surface area (Å²) < 4.78 is 0. The van der Waals surface area contributed by atoms with Crippen LogP contribution < -0.4 is 10.6 Å². The molecule has 8 heteroatoms. The van der Waals surface area contributed by atoms with Crippen molar-refractivity contribution in [3.05, 3.63) is 111 Å². The van der Waals surface area contributed by atoms with E-state index in [2.05, 4.69) is 10.6 Å². The van der Waals surface area contributed by atoms with Crippen LogP contribution >= 0.6 is 11.6 Å². The van der Waals surface area contributed by atoms with Crippen molar-refractivity contribution >= 4 is 40.9 Å². The summed E-state index contributed by atoms with van der Waals surface area (Å²) in [6.45, 7) is 0. The predicted octanol–water partition coefficient (Wildman–Crippen LogP) is 4.66. The predicted molar refractivity (Wildman–Crippen MR) is 115 cm³/mol. The van der Waals surface area contributed by atoms with Crippen molar-refractivity contribution in [3.8, 4) is 0 Å². The number of hydrogen-bond donors (Lipinski definition) is 2. The molecule has 0 aliphatic rings. The zero-order valence-corrected chi connectivity index (χ0v) is 16.3. The van der Waals surface area contributed by atoms with Crippen LogP contribution in [0.25, 0.3) is 6.08 Å². The molecule has 0 unspecified atom stereocenters. The van der Waals surface area contributed by atoms with Gasteiger partial charge in [0.05, 0.1) is 4.92 Å². The Kier molecular flexibility index (Phi) is 6.56. The SMILES string of the molecule is O=C(Nc1ccccc1)C(=Cc1cccc([N+](=O)[O-])c1)NC(=O)c1cccc(Cl)c1. The standard InChI is InChI=1S/C22H16ClN3O4/c23-17-8-5-7-16(14-17)21(27)25-20(22(28)24-18-9-2-1-3-10-18)13-15-6-4-11-19(12-15)26(29)30/h1-14H,(H,24,28)(H,25,27). The van der Waals surface area contributed by atoms with Crippen LogP contribution in [0.2, 0.25) is 5.02 Å². The fourth-order valence-corrected chi connectivity index (χ4v) is 2.79. The number of nitrogens with one attached hydrogen (secondary N) is 2. The summed E-state index contributed by atoms with van der Waals surface area (Å²) >= 11 is 5.93. The maximum atomic E-state index is 12.8. The lowest BCUT2D eigenvalue weighted by Crippen LogP contribution is -2.30. The third-order valence-electron chi connectivity index (χ3n) is 4.00. The number of nitro groups is 1. The fourth-order valence-electron chi connectivity index (χ4n) is 2.60. The molecule has 0 radical (unpaired) electrons. The molecule has 0 fully saturated rings. The quantitative estimate of drug-likeness (QED) is 0.343. The largest absolute Gasteiger partial charge is 0.321 e. The lowest BCUT2D eigenvalue weighted by Gasteiger charge is -2.11.